The van der Waals surface area contributed by atoms with E-state index in [1.165, 1.54) is 142 Å². The molecule has 28 heavy (non-hydrogen) atoms. The van der Waals surface area contributed by atoms with E-state index in [0.29, 0.717) is 0 Å². The Bertz CT molecular complexity index is 292. The maximum atomic E-state index is 2.83. The van der Waals surface area contributed by atoms with Crippen molar-refractivity contribution in [3.8, 4) is 0 Å². The third kappa shape index (κ3) is 14.9. The Balaban J connectivity index is 2.16. The van der Waals surface area contributed by atoms with Crippen LogP contribution < -0.4 is 0 Å². The second-order valence-corrected chi connectivity index (χ2v) is 9.62. The fraction of sp³-hybridized carbons (Fsp3) is 1.00. The molecule has 0 aromatic rings. The molecular weight excluding hydrogens is 340 g/mol. The largest absolute Gasteiger partial charge is 0.306 e. The number of unbranched alkanes of at least 4 members (excludes halogenated alkanes) is 12. The second-order valence-electron chi connectivity index (χ2n) is 9.62. The first-order valence-corrected chi connectivity index (χ1v) is 13.2. The van der Waals surface area contributed by atoms with E-state index in [2.05, 4.69) is 30.7 Å². The summed E-state index contributed by atoms with van der Waals surface area (Å²) in [7, 11) is 2.28. The van der Waals surface area contributed by atoms with E-state index >= 15 is 0 Å². The van der Waals surface area contributed by atoms with E-state index in [4.69, 9.17) is 0 Å². The van der Waals surface area contributed by atoms with Crippen molar-refractivity contribution >= 4 is 0 Å². The number of nitrogens with zero attached hydrogens (tertiary/aromatic N) is 2. The summed E-state index contributed by atoms with van der Waals surface area (Å²) < 4.78 is 0. The van der Waals surface area contributed by atoms with Gasteiger partial charge in [-0.1, -0.05) is 90.9 Å². The maximum absolute atomic E-state index is 2.83. The van der Waals surface area contributed by atoms with Crippen LogP contribution in [0.3, 0.4) is 0 Å². The van der Waals surface area contributed by atoms with Crippen LogP contribution in [0, 0.1) is 5.92 Å². The lowest BCUT2D eigenvalue weighted by Crippen LogP contribution is -2.33. The van der Waals surface area contributed by atoms with Gasteiger partial charge in [0.2, 0.25) is 0 Å². The molecule has 2 nitrogen and oxygen atoms in total. The summed E-state index contributed by atoms with van der Waals surface area (Å²) in [4.78, 5) is 5.34. The highest BCUT2D eigenvalue weighted by Crippen LogP contribution is 2.20. The standard InChI is InChI=1S/C26H54N2/c1-4-6-8-10-12-14-16-21-28(22-17-15-13-11-9-7-5-2)25-20-26-18-23-27(3)24-19-26/h26H,4-25H2,1-3H3. The van der Waals surface area contributed by atoms with Gasteiger partial charge in [-0.15, -0.1) is 0 Å². The van der Waals surface area contributed by atoms with E-state index in [-0.39, 0.29) is 0 Å². The van der Waals surface area contributed by atoms with Gasteiger partial charge in [-0.25, -0.2) is 0 Å². The van der Waals surface area contributed by atoms with Gasteiger partial charge >= 0.3 is 0 Å². The third-order valence-electron chi connectivity index (χ3n) is 6.85. The molecule has 0 saturated carbocycles. The third-order valence-corrected chi connectivity index (χ3v) is 6.85. The first-order chi connectivity index (χ1) is 13.8. The zero-order valence-electron chi connectivity index (χ0n) is 20.0. The van der Waals surface area contributed by atoms with E-state index in [1.54, 1.807) is 0 Å². The van der Waals surface area contributed by atoms with E-state index < -0.39 is 0 Å². The van der Waals surface area contributed by atoms with Crippen molar-refractivity contribution in [1.29, 1.82) is 0 Å². The minimum atomic E-state index is 0.988. The lowest BCUT2D eigenvalue weighted by Gasteiger charge is -2.31. The summed E-state index contributed by atoms with van der Waals surface area (Å²) in [6, 6.07) is 0. The van der Waals surface area contributed by atoms with Crippen molar-refractivity contribution in [2.45, 2.75) is 123 Å². The molecule has 1 fully saturated rings. The average molecular weight is 395 g/mol. The van der Waals surface area contributed by atoms with Crippen molar-refractivity contribution in [3.63, 3.8) is 0 Å². The number of likely N-dealkylation sites (tertiary alicyclic amines) is 1. The normalized spacial score (nSPS) is 16.3. The molecule has 1 rings (SSSR count). The summed E-state index contributed by atoms with van der Waals surface area (Å²) in [5.74, 6) is 0.988. The smallest absolute Gasteiger partial charge is 0.00161 e. The zero-order valence-corrected chi connectivity index (χ0v) is 20.0. The van der Waals surface area contributed by atoms with E-state index in [9.17, 15) is 0 Å². The van der Waals surface area contributed by atoms with Gasteiger partial charge in [-0.05, 0) is 77.8 Å². The van der Waals surface area contributed by atoms with Crippen LogP contribution in [0.15, 0.2) is 0 Å². The molecule has 1 heterocycles. The highest BCUT2D eigenvalue weighted by molar-refractivity contribution is 4.72. The quantitative estimate of drug-likeness (QED) is 0.209. The molecule has 0 aliphatic carbocycles. The molecule has 0 amide bonds. The van der Waals surface area contributed by atoms with Gasteiger partial charge in [0.15, 0.2) is 0 Å². The molecule has 0 aromatic heterocycles. The SMILES string of the molecule is CCCCCCCCCN(CCCCCCCCC)CCC1CCN(C)CC1. The van der Waals surface area contributed by atoms with Gasteiger partial charge in [0.05, 0.1) is 0 Å². The minimum absolute atomic E-state index is 0.988. The Kier molecular flexibility index (Phi) is 17.5. The van der Waals surface area contributed by atoms with Gasteiger partial charge < -0.3 is 9.80 Å². The highest BCUT2D eigenvalue weighted by Gasteiger charge is 2.17. The molecule has 2 heteroatoms. The predicted molar refractivity (Wildman–Crippen MR) is 127 cm³/mol. The molecule has 168 valence electrons. The zero-order chi connectivity index (χ0) is 20.3. The van der Waals surface area contributed by atoms with Gasteiger partial charge in [0, 0.05) is 0 Å². The molecule has 0 atom stereocenters. The first-order valence-electron chi connectivity index (χ1n) is 13.2. The van der Waals surface area contributed by atoms with Crippen molar-refractivity contribution in [3.05, 3.63) is 0 Å². The summed E-state index contributed by atoms with van der Waals surface area (Å²) in [6.45, 7) is 11.3. The number of hydrogen-bond donors (Lipinski definition) is 0. The Morgan fingerprint density at radius 3 is 1.50 bits per heavy atom. The molecule has 0 N–H and O–H groups in total. The molecular formula is C26H54N2. The van der Waals surface area contributed by atoms with Crippen LogP contribution in [0.4, 0.5) is 0 Å². The second kappa shape index (κ2) is 18.9. The Morgan fingerprint density at radius 1 is 0.607 bits per heavy atom. The van der Waals surface area contributed by atoms with Crippen LogP contribution in [0.1, 0.15) is 123 Å². The monoisotopic (exact) mass is 394 g/mol. The van der Waals surface area contributed by atoms with Gasteiger partial charge in [-0.2, -0.15) is 0 Å². The van der Waals surface area contributed by atoms with Crippen molar-refractivity contribution in [2.75, 3.05) is 39.8 Å². The summed E-state index contributed by atoms with van der Waals surface area (Å²) in [5.41, 5.74) is 0. The first kappa shape index (κ1) is 26.0. The Hall–Kier alpha value is -0.0800. The highest BCUT2D eigenvalue weighted by atomic mass is 15.1. The molecule has 0 bridgehead atoms. The molecule has 0 unspecified atom stereocenters. The molecule has 0 radical (unpaired) electrons. The Labute approximate surface area is 178 Å². The van der Waals surface area contributed by atoms with Gasteiger partial charge in [-0.3, -0.25) is 0 Å². The van der Waals surface area contributed by atoms with E-state index in [1.807, 2.05) is 0 Å². The van der Waals surface area contributed by atoms with Crippen LogP contribution in [0.5, 0.6) is 0 Å². The van der Waals surface area contributed by atoms with Crippen molar-refractivity contribution in [2.24, 2.45) is 5.92 Å². The van der Waals surface area contributed by atoms with Crippen molar-refractivity contribution in [1.82, 2.24) is 9.80 Å². The molecule has 0 spiro atoms. The van der Waals surface area contributed by atoms with Crippen LogP contribution >= 0.6 is 0 Å². The van der Waals surface area contributed by atoms with E-state index in [0.717, 1.165) is 5.92 Å². The Morgan fingerprint density at radius 2 is 1.04 bits per heavy atom. The molecule has 1 aliphatic heterocycles. The lowest BCUT2D eigenvalue weighted by molar-refractivity contribution is 0.183. The predicted octanol–water partition coefficient (Wildman–Crippen LogP) is 7.52. The lowest BCUT2D eigenvalue weighted by atomic mass is 9.93. The van der Waals surface area contributed by atoms with Crippen LogP contribution in [0.25, 0.3) is 0 Å². The maximum Gasteiger partial charge on any atom is -0.00161 e. The number of rotatable bonds is 19. The summed E-state index contributed by atoms with van der Waals surface area (Å²) >= 11 is 0. The topological polar surface area (TPSA) is 6.48 Å². The van der Waals surface area contributed by atoms with Gasteiger partial charge in [0.1, 0.15) is 0 Å². The summed E-state index contributed by atoms with van der Waals surface area (Å²) in [5, 5.41) is 0. The van der Waals surface area contributed by atoms with Crippen molar-refractivity contribution < 1.29 is 0 Å². The average Bonchev–Trinajstić information content (AvgIpc) is 2.71. The number of piperidine rings is 1. The minimum Gasteiger partial charge on any atom is -0.306 e. The fourth-order valence-electron chi connectivity index (χ4n) is 4.64. The number of hydrogen-bond acceptors (Lipinski definition) is 2. The van der Waals surface area contributed by atoms with Crippen LogP contribution in [-0.2, 0) is 0 Å². The fourth-order valence-corrected chi connectivity index (χ4v) is 4.64. The molecule has 1 saturated heterocycles. The summed E-state index contributed by atoms with van der Waals surface area (Å²) in [6.07, 6.45) is 24.4. The van der Waals surface area contributed by atoms with Crippen LogP contribution in [-0.4, -0.2) is 49.6 Å². The molecule has 1 aliphatic rings. The molecule has 0 aromatic carbocycles. The van der Waals surface area contributed by atoms with Gasteiger partial charge in [0.25, 0.3) is 0 Å². The van der Waals surface area contributed by atoms with Crippen LogP contribution in [0.2, 0.25) is 0 Å².